The van der Waals surface area contributed by atoms with Crippen LogP contribution < -0.4 is 0 Å². The molecule has 0 spiro atoms. The molecular formula is C13H15N3S. The summed E-state index contributed by atoms with van der Waals surface area (Å²) in [7, 11) is 0. The van der Waals surface area contributed by atoms with Gasteiger partial charge in [-0.2, -0.15) is 4.98 Å². The van der Waals surface area contributed by atoms with Crippen LogP contribution in [-0.4, -0.2) is 15.2 Å². The van der Waals surface area contributed by atoms with E-state index >= 15 is 0 Å². The van der Waals surface area contributed by atoms with Gasteiger partial charge >= 0.3 is 0 Å². The van der Waals surface area contributed by atoms with E-state index in [4.69, 9.17) is 12.2 Å². The molecule has 0 radical (unpaired) electrons. The number of hydrogen-bond acceptors (Lipinski definition) is 2. The van der Waals surface area contributed by atoms with E-state index in [1.54, 1.807) is 0 Å². The number of aromatic amines is 2. The first-order chi connectivity index (χ1) is 8.06. The van der Waals surface area contributed by atoms with Crippen molar-refractivity contribution in [2.75, 3.05) is 0 Å². The fourth-order valence-corrected chi connectivity index (χ4v) is 1.92. The summed E-state index contributed by atoms with van der Waals surface area (Å²) in [5, 5.41) is 5.75. The first-order valence-electron chi connectivity index (χ1n) is 5.45. The van der Waals surface area contributed by atoms with Crippen molar-refractivity contribution in [2.45, 2.75) is 20.3 Å². The lowest BCUT2D eigenvalue weighted by Gasteiger charge is -2.07. The van der Waals surface area contributed by atoms with Crippen molar-refractivity contribution in [1.29, 1.82) is 0 Å². The smallest absolute Gasteiger partial charge is 0.213 e. The van der Waals surface area contributed by atoms with E-state index in [0.717, 1.165) is 17.8 Å². The van der Waals surface area contributed by atoms with Crippen LogP contribution in [0.2, 0.25) is 0 Å². The van der Waals surface area contributed by atoms with Crippen molar-refractivity contribution >= 4 is 12.2 Å². The molecule has 0 unspecified atom stereocenters. The van der Waals surface area contributed by atoms with Gasteiger partial charge < -0.3 is 0 Å². The maximum Gasteiger partial charge on any atom is 0.213 e. The molecule has 0 fully saturated rings. The number of aryl methyl sites for hydroxylation is 1. The second kappa shape index (κ2) is 4.67. The van der Waals surface area contributed by atoms with E-state index in [9.17, 15) is 0 Å². The summed E-state index contributed by atoms with van der Waals surface area (Å²) in [6.07, 6.45) is 0.919. The summed E-state index contributed by atoms with van der Waals surface area (Å²) in [4.78, 5) is 4.20. The van der Waals surface area contributed by atoms with Crippen LogP contribution in [0.25, 0.3) is 11.4 Å². The molecule has 0 amide bonds. The van der Waals surface area contributed by atoms with E-state index in [1.165, 1.54) is 16.7 Å². The van der Waals surface area contributed by atoms with Crippen molar-refractivity contribution < 1.29 is 0 Å². The third-order valence-corrected chi connectivity index (χ3v) is 2.80. The molecule has 2 N–H and O–H groups in total. The van der Waals surface area contributed by atoms with Crippen molar-refractivity contribution in [1.82, 2.24) is 15.2 Å². The molecule has 0 aliphatic carbocycles. The standard InChI is InChI=1S/C13H15N3S/c1-8(2)6-10-4-5-11(7-9(10)3)12-14-13(17)16-15-12/h4-5,7H,1,6H2,2-3H3,(H2,14,15,16,17). The van der Waals surface area contributed by atoms with Crippen LogP contribution in [0.3, 0.4) is 0 Å². The number of nitrogens with zero attached hydrogens (tertiary/aromatic N) is 1. The molecule has 2 rings (SSSR count). The van der Waals surface area contributed by atoms with Gasteiger partial charge in [-0.3, -0.25) is 10.2 Å². The monoisotopic (exact) mass is 245 g/mol. The predicted octanol–water partition coefficient (Wildman–Crippen LogP) is 3.56. The van der Waals surface area contributed by atoms with E-state index in [0.29, 0.717) is 4.77 Å². The van der Waals surface area contributed by atoms with Crippen LogP contribution >= 0.6 is 12.2 Å². The van der Waals surface area contributed by atoms with Gasteiger partial charge in [-0.15, -0.1) is 0 Å². The Labute approximate surface area is 106 Å². The molecule has 0 saturated heterocycles. The van der Waals surface area contributed by atoms with Crippen LogP contribution in [0, 0.1) is 11.7 Å². The summed E-state index contributed by atoms with van der Waals surface area (Å²) in [5.41, 5.74) is 4.75. The highest BCUT2D eigenvalue weighted by atomic mass is 32.1. The van der Waals surface area contributed by atoms with Crippen LogP contribution in [-0.2, 0) is 6.42 Å². The quantitative estimate of drug-likeness (QED) is 0.641. The van der Waals surface area contributed by atoms with E-state index < -0.39 is 0 Å². The molecular weight excluding hydrogens is 230 g/mol. The average Bonchev–Trinajstić information content (AvgIpc) is 2.67. The molecule has 0 aliphatic rings. The van der Waals surface area contributed by atoms with Gasteiger partial charge in [0.25, 0.3) is 0 Å². The van der Waals surface area contributed by atoms with Gasteiger partial charge in [-0.25, -0.2) is 0 Å². The molecule has 0 saturated carbocycles. The minimum atomic E-state index is 0.476. The number of benzene rings is 1. The lowest BCUT2D eigenvalue weighted by Crippen LogP contribution is -1.91. The molecule has 0 aliphatic heterocycles. The van der Waals surface area contributed by atoms with Gasteiger partial charge in [0.15, 0.2) is 5.82 Å². The normalized spacial score (nSPS) is 10.5. The van der Waals surface area contributed by atoms with Gasteiger partial charge in [0.05, 0.1) is 0 Å². The van der Waals surface area contributed by atoms with Crippen LogP contribution in [0.1, 0.15) is 18.1 Å². The summed E-state index contributed by atoms with van der Waals surface area (Å²) >= 11 is 4.94. The van der Waals surface area contributed by atoms with Crippen molar-refractivity contribution in [3.63, 3.8) is 0 Å². The van der Waals surface area contributed by atoms with Gasteiger partial charge in [-0.05, 0) is 49.7 Å². The minimum Gasteiger partial charge on any atom is -0.282 e. The zero-order chi connectivity index (χ0) is 12.4. The van der Waals surface area contributed by atoms with Gasteiger partial charge in [0.2, 0.25) is 4.77 Å². The van der Waals surface area contributed by atoms with Crippen molar-refractivity contribution in [3.8, 4) is 11.4 Å². The Kier molecular flexibility index (Phi) is 3.24. The van der Waals surface area contributed by atoms with E-state index in [-0.39, 0.29) is 0 Å². The molecule has 1 aromatic carbocycles. The fourth-order valence-electron chi connectivity index (χ4n) is 1.77. The average molecular weight is 245 g/mol. The first kappa shape index (κ1) is 11.8. The second-order valence-corrected chi connectivity index (χ2v) is 4.68. The Hall–Kier alpha value is -1.68. The third-order valence-electron chi connectivity index (χ3n) is 2.61. The van der Waals surface area contributed by atoms with E-state index in [1.807, 2.05) is 13.0 Å². The topological polar surface area (TPSA) is 44.5 Å². The van der Waals surface area contributed by atoms with Crippen LogP contribution in [0.5, 0.6) is 0 Å². The van der Waals surface area contributed by atoms with Crippen molar-refractivity contribution in [2.24, 2.45) is 0 Å². The third kappa shape index (κ3) is 2.71. The predicted molar refractivity (Wildman–Crippen MR) is 72.5 cm³/mol. The van der Waals surface area contributed by atoms with Gasteiger partial charge in [-0.1, -0.05) is 24.3 Å². The van der Waals surface area contributed by atoms with E-state index in [2.05, 4.69) is 40.8 Å². The number of allylic oxidation sites excluding steroid dienone is 1. The number of hydrogen-bond donors (Lipinski definition) is 2. The maximum absolute atomic E-state index is 4.94. The number of nitrogens with one attached hydrogen (secondary N) is 2. The Balaban J connectivity index is 2.37. The molecule has 0 atom stereocenters. The molecule has 0 bridgehead atoms. The molecule has 2 aromatic rings. The summed E-state index contributed by atoms with van der Waals surface area (Å²) in [5.74, 6) is 0.778. The highest BCUT2D eigenvalue weighted by Crippen LogP contribution is 2.20. The molecule has 17 heavy (non-hydrogen) atoms. The summed E-state index contributed by atoms with van der Waals surface area (Å²) in [6, 6.07) is 6.28. The second-order valence-electron chi connectivity index (χ2n) is 4.29. The Bertz CT molecular complexity index is 607. The molecule has 88 valence electrons. The zero-order valence-corrected chi connectivity index (χ0v) is 10.8. The Morgan fingerprint density at radius 1 is 1.41 bits per heavy atom. The molecule has 3 nitrogen and oxygen atoms in total. The Morgan fingerprint density at radius 3 is 2.71 bits per heavy atom. The lowest BCUT2D eigenvalue weighted by atomic mass is 10.00. The van der Waals surface area contributed by atoms with Crippen molar-refractivity contribution in [3.05, 3.63) is 46.2 Å². The SMILES string of the molecule is C=C(C)Cc1ccc(-c2nc(=S)[nH][nH]2)cc1C. The van der Waals surface area contributed by atoms with Gasteiger partial charge in [0.1, 0.15) is 0 Å². The number of H-pyrrole nitrogens is 2. The fraction of sp³-hybridized carbons (Fsp3) is 0.231. The zero-order valence-electron chi connectivity index (χ0n) is 10.0. The number of rotatable bonds is 3. The lowest BCUT2D eigenvalue weighted by molar-refractivity contribution is 1.08. The van der Waals surface area contributed by atoms with Crippen LogP contribution in [0.4, 0.5) is 0 Å². The molecule has 4 heteroatoms. The minimum absolute atomic E-state index is 0.476. The molecule has 1 aromatic heterocycles. The largest absolute Gasteiger partial charge is 0.282 e. The van der Waals surface area contributed by atoms with Crippen LogP contribution in [0.15, 0.2) is 30.4 Å². The summed E-state index contributed by atoms with van der Waals surface area (Å²) < 4.78 is 0.476. The Morgan fingerprint density at radius 2 is 2.18 bits per heavy atom. The first-order valence-corrected chi connectivity index (χ1v) is 5.86. The van der Waals surface area contributed by atoms with Gasteiger partial charge in [0, 0.05) is 5.56 Å². The summed E-state index contributed by atoms with van der Waals surface area (Å²) in [6.45, 7) is 8.08. The number of aromatic nitrogens is 3. The highest BCUT2D eigenvalue weighted by molar-refractivity contribution is 7.71. The highest BCUT2D eigenvalue weighted by Gasteiger charge is 2.04. The maximum atomic E-state index is 4.94. The molecule has 1 heterocycles.